The zero-order valence-corrected chi connectivity index (χ0v) is 11.6. The van der Waals surface area contributed by atoms with Crippen LogP contribution in [0.1, 0.15) is 16.9 Å². The molecular formula is C14H18N4O2. The smallest absolute Gasteiger partial charge is 0.272 e. The minimum Gasteiger partial charge on any atom is -0.351 e. The summed E-state index contributed by atoms with van der Waals surface area (Å²) in [5.41, 5.74) is -0.0326. The third-order valence-corrected chi connectivity index (χ3v) is 2.98. The summed E-state index contributed by atoms with van der Waals surface area (Å²) < 4.78 is 0. The van der Waals surface area contributed by atoms with E-state index < -0.39 is 0 Å². The summed E-state index contributed by atoms with van der Waals surface area (Å²) in [6.07, 6.45) is 0.861. The zero-order valence-electron chi connectivity index (χ0n) is 11.6. The molecule has 1 aromatic carbocycles. The summed E-state index contributed by atoms with van der Waals surface area (Å²) in [7, 11) is 3.97. The van der Waals surface area contributed by atoms with Crippen molar-refractivity contribution in [3.8, 4) is 0 Å². The molecule has 2 N–H and O–H groups in total. The number of hydrogen-bond acceptors (Lipinski definition) is 4. The van der Waals surface area contributed by atoms with Gasteiger partial charge in [-0.05, 0) is 33.1 Å². The Morgan fingerprint density at radius 1 is 1.30 bits per heavy atom. The van der Waals surface area contributed by atoms with Gasteiger partial charge in [0.1, 0.15) is 0 Å². The molecule has 0 bridgehead atoms. The monoisotopic (exact) mass is 274 g/mol. The van der Waals surface area contributed by atoms with E-state index in [1.807, 2.05) is 14.1 Å². The molecule has 0 saturated carbocycles. The molecule has 1 aromatic heterocycles. The van der Waals surface area contributed by atoms with Gasteiger partial charge < -0.3 is 10.2 Å². The average Bonchev–Trinajstić information content (AvgIpc) is 2.44. The van der Waals surface area contributed by atoms with Gasteiger partial charge in [0.2, 0.25) is 0 Å². The van der Waals surface area contributed by atoms with Crippen LogP contribution in [-0.4, -0.2) is 48.2 Å². The van der Waals surface area contributed by atoms with Crippen molar-refractivity contribution in [3.05, 3.63) is 40.3 Å². The van der Waals surface area contributed by atoms with Crippen LogP contribution in [0.5, 0.6) is 0 Å². The van der Waals surface area contributed by atoms with Gasteiger partial charge in [0.15, 0.2) is 5.69 Å². The Morgan fingerprint density at radius 3 is 2.70 bits per heavy atom. The number of fused-ring (bicyclic) bond motifs is 1. The fourth-order valence-electron chi connectivity index (χ4n) is 1.97. The third kappa shape index (κ3) is 3.21. The highest BCUT2D eigenvalue weighted by atomic mass is 16.2. The molecule has 0 aliphatic rings. The largest absolute Gasteiger partial charge is 0.351 e. The number of nitrogens with zero attached hydrogens (tertiary/aromatic N) is 2. The van der Waals surface area contributed by atoms with Gasteiger partial charge in [-0.1, -0.05) is 18.2 Å². The molecule has 6 nitrogen and oxygen atoms in total. The first-order valence-electron chi connectivity index (χ1n) is 6.50. The number of rotatable bonds is 5. The minimum atomic E-state index is -0.287. The maximum absolute atomic E-state index is 12.1. The standard InChI is InChI=1S/C14H18N4O2/c1-18(2)9-5-8-15-14(20)12-10-6-3-4-7-11(10)13(19)17-16-12/h3-4,6-7H,5,8-9H2,1-2H3,(H,15,20)(H,17,19). The van der Waals surface area contributed by atoms with Crippen molar-refractivity contribution in [1.82, 2.24) is 20.4 Å². The number of benzene rings is 1. The Balaban J connectivity index is 2.15. The van der Waals surface area contributed by atoms with E-state index in [9.17, 15) is 9.59 Å². The molecule has 2 rings (SSSR count). The van der Waals surface area contributed by atoms with Gasteiger partial charge in [0.05, 0.1) is 5.39 Å². The van der Waals surface area contributed by atoms with Gasteiger partial charge in [0.25, 0.3) is 11.5 Å². The van der Waals surface area contributed by atoms with Crippen LogP contribution in [0.25, 0.3) is 10.8 Å². The summed E-state index contributed by atoms with van der Waals surface area (Å²) in [6, 6.07) is 6.95. The Hall–Kier alpha value is -2.21. The first-order chi connectivity index (χ1) is 9.59. The average molecular weight is 274 g/mol. The van der Waals surface area contributed by atoms with E-state index in [4.69, 9.17) is 0 Å². The molecule has 0 radical (unpaired) electrons. The summed E-state index contributed by atoms with van der Waals surface area (Å²) in [4.78, 5) is 25.8. The number of H-pyrrole nitrogens is 1. The molecule has 0 saturated heterocycles. The molecule has 2 aromatic rings. The number of amides is 1. The van der Waals surface area contributed by atoms with Crippen molar-refractivity contribution in [3.63, 3.8) is 0 Å². The highest BCUT2D eigenvalue weighted by Crippen LogP contribution is 2.11. The number of nitrogens with one attached hydrogen (secondary N) is 2. The number of aromatic amines is 1. The fraction of sp³-hybridized carbons (Fsp3) is 0.357. The molecule has 0 aliphatic carbocycles. The van der Waals surface area contributed by atoms with E-state index in [1.54, 1.807) is 24.3 Å². The second kappa shape index (κ2) is 6.29. The number of carbonyl (C=O) groups excluding carboxylic acids is 1. The van der Waals surface area contributed by atoms with Crippen molar-refractivity contribution in [2.24, 2.45) is 0 Å². The van der Waals surface area contributed by atoms with Crippen LogP contribution in [0, 0.1) is 0 Å². The van der Waals surface area contributed by atoms with Crippen molar-refractivity contribution in [1.29, 1.82) is 0 Å². The van der Waals surface area contributed by atoms with Gasteiger partial charge in [-0.15, -0.1) is 0 Å². The van der Waals surface area contributed by atoms with Crippen LogP contribution in [-0.2, 0) is 0 Å². The van der Waals surface area contributed by atoms with Crippen molar-refractivity contribution < 1.29 is 4.79 Å². The molecule has 0 fully saturated rings. The highest BCUT2D eigenvalue weighted by Gasteiger charge is 2.13. The molecule has 106 valence electrons. The molecule has 6 heteroatoms. The SMILES string of the molecule is CN(C)CCCNC(=O)c1n[nH]c(=O)c2ccccc12. The number of hydrogen-bond donors (Lipinski definition) is 2. The summed E-state index contributed by atoms with van der Waals surface area (Å²) in [6.45, 7) is 1.48. The molecule has 0 spiro atoms. The Bertz CT molecular complexity index is 664. The van der Waals surface area contributed by atoms with Gasteiger partial charge >= 0.3 is 0 Å². The lowest BCUT2D eigenvalue weighted by molar-refractivity contribution is 0.0948. The van der Waals surface area contributed by atoms with Gasteiger partial charge in [0, 0.05) is 11.9 Å². The summed E-state index contributed by atoms with van der Waals surface area (Å²) in [5, 5.41) is 10.1. The normalized spacial score (nSPS) is 10.9. The summed E-state index contributed by atoms with van der Waals surface area (Å²) >= 11 is 0. The number of aromatic nitrogens is 2. The first-order valence-corrected chi connectivity index (χ1v) is 6.50. The lowest BCUT2D eigenvalue weighted by Gasteiger charge is -2.10. The van der Waals surface area contributed by atoms with E-state index in [1.165, 1.54) is 0 Å². The Morgan fingerprint density at radius 2 is 2.00 bits per heavy atom. The van der Waals surface area contributed by atoms with E-state index >= 15 is 0 Å². The number of carbonyl (C=O) groups is 1. The molecule has 1 heterocycles. The first kappa shape index (κ1) is 14.2. The summed E-state index contributed by atoms with van der Waals surface area (Å²) in [5.74, 6) is -0.267. The maximum atomic E-state index is 12.1. The van der Waals surface area contributed by atoms with Crippen LogP contribution >= 0.6 is 0 Å². The minimum absolute atomic E-state index is 0.255. The highest BCUT2D eigenvalue weighted by molar-refractivity contribution is 6.04. The zero-order chi connectivity index (χ0) is 14.5. The molecule has 20 heavy (non-hydrogen) atoms. The van der Waals surface area contributed by atoms with Crippen LogP contribution in [0.15, 0.2) is 29.1 Å². The second-order valence-electron chi connectivity index (χ2n) is 4.86. The lowest BCUT2D eigenvalue weighted by Crippen LogP contribution is -2.29. The van der Waals surface area contributed by atoms with Gasteiger partial charge in [-0.3, -0.25) is 9.59 Å². The maximum Gasteiger partial charge on any atom is 0.272 e. The molecule has 1 amide bonds. The van der Waals surface area contributed by atoms with E-state index in [-0.39, 0.29) is 17.2 Å². The molecule has 0 unspecified atom stereocenters. The van der Waals surface area contributed by atoms with Gasteiger partial charge in [-0.25, -0.2) is 5.10 Å². The molecule has 0 atom stereocenters. The van der Waals surface area contributed by atoms with Gasteiger partial charge in [-0.2, -0.15) is 5.10 Å². The Labute approximate surface area is 116 Å². The third-order valence-electron chi connectivity index (χ3n) is 2.98. The quantitative estimate of drug-likeness (QED) is 0.783. The van der Waals surface area contributed by atoms with Crippen molar-refractivity contribution in [2.75, 3.05) is 27.2 Å². The van der Waals surface area contributed by atoms with Crippen molar-refractivity contribution in [2.45, 2.75) is 6.42 Å². The van der Waals surface area contributed by atoms with E-state index in [0.29, 0.717) is 17.3 Å². The predicted octanol–water partition coefficient (Wildman–Crippen LogP) is 0.605. The topological polar surface area (TPSA) is 78.1 Å². The van der Waals surface area contributed by atoms with Crippen LogP contribution in [0.4, 0.5) is 0 Å². The molecular weight excluding hydrogens is 256 g/mol. The predicted molar refractivity (Wildman–Crippen MR) is 77.9 cm³/mol. The van der Waals surface area contributed by atoms with E-state index in [0.717, 1.165) is 13.0 Å². The molecule has 0 aliphatic heterocycles. The Kier molecular flexibility index (Phi) is 4.47. The second-order valence-corrected chi connectivity index (χ2v) is 4.86. The van der Waals surface area contributed by atoms with Crippen LogP contribution in [0.2, 0.25) is 0 Å². The lowest BCUT2D eigenvalue weighted by atomic mass is 10.1. The van der Waals surface area contributed by atoms with Crippen LogP contribution < -0.4 is 10.9 Å². The van der Waals surface area contributed by atoms with Crippen LogP contribution in [0.3, 0.4) is 0 Å². The van der Waals surface area contributed by atoms with Crippen molar-refractivity contribution >= 4 is 16.7 Å². The fourth-order valence-corrected chi connectivity index (χ4v) is 1.97. The van der Waals surface area contributed by atoms with E-state index in [2.05, 4.69) is 20.4 Å².